The number of halogens is 5. The predicted molar refractivity (Wildman–Crippen MR) is 68.7 cm³/mol. The average Bonchev–Trinajstić information content (AvgIpc) is 2.40. The number of hydrogen-bond acceptors (Lipinski definition) is 1. The first kappa shape index (κ1) is 15.4. The second-order valence-corrected chi connectivity index (χ2v) is 4.51. The Kier molecular flexibility index (Phi) is 4.27. The van der Waals surface area contributed by atoms with Crippen LogP contribution >= 0.6 is 0 Å². The van der Waals surface area contributed by atoms with Crippen LogP contribution in [0.25, 0.3) is 0 Å². The van der Waals surface area contributed by atoms with Crippen LogP contribution in [0.2, 0.25) is 0 Å². The Balaban J connectivity index is 2.40. The summed E-state index contributed by atoms with van der Waals surface area (Å²) in [4.78, 5) is 0. The molecule has 2 aromatic carbocycles. The van der Waals surface area contributed by atoms with Gasteiger partial charge < -0.3 is 5.32 Å². The lowest BCUT2D eigenvalue weighted by atomic mass is 9.97. The van der Waals surface area contributed by atoms with Gasteiger partial charge in [-0.25, -0.2) is 8.78 Å². The maximum atomic E-state index is 13.6. The van der Waals surface area contributed by atoms with Gasteiger partial charge in [0.2, 0.25) is 0 Å². The summed E-state index contributed by atoms with van der Waals surface area (Å²) >= 11 is 0. The Morgan fingerprint density at radius 1 is 0.905 bits per heavy atom. The topological polar surface area (TPSA) is 12.0 Å². The van der Waals surface area contributed by atoms with Crippen LogP contribution in [0.5, 0.6) is 0 Å². The van der Waals surface area contributed by atoms with Crippen molar-refractivity contribution in [2.45, 2.75) is 12.2 Å². The van der Waals surface area contributed by atoms with Crippen molar-refractivity contribution in [3.63, 3.8) is 0 Å². The molecule has 0 radical (unpaired) electrons. The summed E-state index contributed by atoms with van der Waals surface area (Å²) in [7, 11) is 1.59. The zero-order valence-corrected chi connectivity index (χ0v) is 11.0. The zero-order chi connectivity index (χ0) is 15.6. The first-order chi connectivity index (χ1) is 9.82. The van der Waals surface area contributed by atoms with Gasteiger partial charge in [-0.1, -0.05) is 18.2 Å². The third kappa shape index (κ3) is 3.39. The van der Waals surface area contributed by atoms with Crippen molar-refractivity contribution in [2.24, 2.45) is 0 Å². The van der Waals surface area contributed by atoms with Crippen LogP contribution in [-0.4, -0.2) is 7.05 Å². The van der Waals surface area contributed by atoms with E-state index in [0.29, 0.717) is 17.2 Å². The minimum Gasteiger partial charge on any atom is -0.309 e. The second kappa shape index (κ2) is 5.81. The lowest BCUT2D eigenvalue weighted by molar-refractivity contribution is -0.140. The van der Waals surface area contributed by atoms with Gasteiger partial charge in [-0.05, 0) is 42.4 Å². The number of rotatable bonds is 3. The molecule has 0 spiro atoms. The van der Waals surface area contributed by atoms with Crippen LogP contribution in [0.3, 0.4) is 0 Å². The molecule has 0 saturated heterocycles. The van der Waals surface area contributed by atoms with Gasteiger partial charge in [0.15, 0.2) is 0 Å². The molecule has 1 unspecified atom stereocenters. The van der Waals surface area contributed by atoms with E-state index in [4.69, 9.17) is 0 Å². The van der Waals surface area contributed by atoms with Gasteiger partial charge in [-0.2, -0.15) is 13.2 Å². The van der Waals surface area contributed by atoms with Crippen molar-refractivity contribution in [3.05, 3.63) is 70.8 Å². The lowest BCUT2D eigenvalue weighted by Gasteiger charge is -2.18. The van der Waals surface area contributed by atoms with Gasteiger partial charge in [0.1, 0.15) is 11.6 Å². The highest BCUT2D eigenvalue weighted by atomic mass is 19.4. The lowest BCUT2D eigenvalue weighted by Crippen LogP contribution is -2.18. The van der Waals surface area contributed by atoms with Crippen molar-refractivity contribution in [1.29, 1.82) is 0 Å². The molecule has 2 aromatic rings. The Morgan fingerprint density at radius 2 is 1.48 bits per heavy atom. The maximum Gasteiger partial charge on any atom is 0.419 e. The number of hydrogen-bond donors (Lipinski definition) is 1. The largest absolute Gasteiger partial charge is 0.419 e. The van der Waals surface area contributed by atoms with Crippen LogP contribution in [0.15, 0.2) is 42.5 Å². The normalized spacial score (nSPS) is 13.2. The fourth-order valence-electron chi connectivity index (χ4n) is 2.12. The summed E-state index contributed by atoms with van der Waals surface area (Å²) in [6.07, 6.45) is -4.73. The first-order valence-electron chi connectivity index (χ1n) is 6.12. The quantitative estimate of drug-likeness (QED) is 0.834. The minimum atomic E-state index is -4.73. The van der Waals surface area contributed by atoms with Crippen LogP contribution in [-0.2, 0) is 6.18 Å². The summed E-state index contributed by atoms with van der Waals surface area (Å²) in [5, 5.41) is 2.87. The zero-order valence-electron chi connectivity index (χ0n) is 11.0. The molecule has 0 amide bonds. The van der Waals surface area contributed by atoms with Crippen molar-refractivity contribution in [3.8, 4) is 0 Å². The molecule has 0 aliphatic carbocycles. The monoisotopic (exact) mass is 301 g/mol. The molecule has 6 heteroatoms. The number of benzene rings is 2. The minimum absolute atomic E-state index is 0.328. The van der Waals surface area contributed by atoms with Gasteiger partial charge in [0.25, 0.3) is 0 Å². The highest BCUT2D eigenvalue weighted by Crippen LogP contribution is 2.33. The summed E-state index contributed by atoms with van der Waals surface area (Å²) in [6.45, 7) is 0. The highest BCUT2D eigenvalue weighted by molar-refractivity contribution is 5.35. The Bertz CT molecular complexity index is 619. The molecular weight excluding hydrogens is 289 g/mol. The smallest absolute Gasteiger partial charge is 0.309 e. The third-order valence-electron chi connectivity index (χ3n) is 3.12. The molecule has 0 aliphatic heterocycles. The molecule has 0 heterocycles. The van der Waals surface area contributed by atoms with E-state index in [0.717, 1.165) is 6.07 Å². The van der Waals surface area contributed by atoms with E-state index < -0.39 is 29.4 Å². The molecule has 2 rings (SSSR count). The molecule has 1 N–H and O–H groups in total. The maximum absolute atomic E-state index is 13.6. The molecule has 0 aromatic heterocycles. The Morgan fingerprint density at radius 3 is 1.95 bits per heavy atom. The standard InChI is InChI=1S/C15H12F5N/c1-21-14(9-2-5-11(16)6-3-9)10-4-7-12(13(17)8-10)15(18,19)20/h2-8,14,21H,1H3. The first-order valence-corrected chi connectivity index (χ1v) is 6.12. The molecule has 0 fully saturated rings. The van der Waals surface area contributed by atoms with Crippen molar-refractivity contribution < 1.29 is 22.0 Å². The second-order valence-electron chi connectivity index (χ2n) is 4.51. The van der Waals surface area contributed by atoms with E-state index >= 15 is 0 Å². The SMILES string of the molecule is CNC(c1ccc(F)cc1)c1ccc(C(F)(F)F)c(F)c1. The molecule has 112 valence electrons. The predicted octanol–water partition coefficient (Wildman–Crippen LogP) is 4.29. The van der Waals surface area contributed by atoms with Crippen LogP contribution in [0.1, 0.15) is 22.7 Å². The summed E-state index contributed by atoms with van der Waals surface area (Å²) in [6, 6.07) is 7.68. The van der Waals surface area contributed by atoms with E-state index in [1.54, 1.807) is 7.05 Å². The third-order valence-corrected chi connectivity index (χ3v) is 3.12. The molecular formula is C15H12F5N. The number of nitrogens with one attached hydrogen (secondary N) is 1. The Labute approximate surface area is 118 Å². The van der Waals surface area contributed by atoms with Crippen molar-refractivity contribution in [2.75, 3.05) is 7.05 Å². The van der Waals surface area contributed by atoms with E-state index in [-0.39, 0.29) is 0 Å². The van der Waals surface area contributed by atoms with Gasteiger partial charge in [0.05, 0.1) is 11.6 Å². The van der Waals surface area contributed by atoms with Crippen LogP contribution < -0.4 is 5.32 Å². The van der Waals surface area contributed by atoms with E-state index in [1.807, 2.05) is 0 Å². The average molecular weight is 301 g/mol. The molecule has 0 bridgehead atoms. The van der Waals surface area contributed by atoms with Gasteiger partial charge in [-0.15, -0.1) is 0 Å². The number of alkyl halides is 3. The van der Waals surface area contributed by atoms with E-state index in [2.05, 4.69) is 5.32 Å². The van der Waals surface area contributed by atoms with Crippen molar-refractivity contribution in [1.82, 2.24) is 5.32 Å². The van der Waals surface area contributed by atoms with E-state index in [9.17, 15) is 22.0 Å². The molecule has 0 saturated carbocycles. The summed E-state index contributed by atoms with van der Waals surface area (Å²) in [5.74, 6) is -1.76. The molecule has 1 nitrogen and oxygen atoms in total. The van der Waals surface area contributed by atoms with E-state index in [1.165, 1.54) is 30.3 Å². The highest BCUT2D eigenvalue weighted by Gasteiger charge is 2.34. The van der Waals surface area contributed by atoms with Gasteiger partial charge in [-0.3, -0.25) is 0 Å². The fourth-order valence-corrected chi connectivity index (χ4v) is 2.12. The summed E-state index contributed by atoms with van der Waals surface area (Å²) in [5.41, 5.74) is -0.354. The summed E-state index contributed by atoms with van der Waals surface area (Å²) < 4.78 is 64.1. The Hall–Kier alpha value is -1.95. The van der Waals surface area contributed by atoms with Gasteiger partial charge in [0, 0.05) is 0 Å². The molecule has 1 atom stereocenters. The van der Waals surface area contributed by atoms with Crippen molar-refractivity contribution >= 4 is 0 Å². The fraction of sp³-hybridized carbons (Fsp3) is 0.200. The van der Waals surface area contributed by atoms with Crippen LogP contribution in [0, 0.1) is 11.6 Å². The molecule has 0 aliphatic rings. The molecule has 21 heavy (non-hydrogen) atoms. The van der Waals surface area contributed by atoms with Gasteiger partial charge >= 0.3 is 6.18 Å². The van der Waals surface area contributed by atoms with Crippen LogP contribution in [0.4, 0.5) is 22.0 Å².